The van der Waals surface area contributed by atoms with Crippen LogP contribution < -0.4 is 0 Å². The number of carbonyl (C=O) groups is 1. The molecule has 2 atom stereocenters. The number of alkyl halides is 3. The molecule has 0 saturated heterocycles. The van der Waals surface area contributed by atoms with Crippen molar-refractivity contribution in [3.8, 4) is 0 Å². The molecule has 2 nitrogen and oxygen atoms in total. The highest BCUT2D eigenvalue weighted by molar-refractivity contribution is 14.1. The molecule has 0 aliphatic carbocycles. The van der Waals surface area contributed by atoms with Crippen molar-refractivity contribution in [1.29, 1.82) is 0 Å². The third-order valence-electron chi connectivity index (χ3n) is 4.96. The molecule has 0 aromatic rings. The molecule has 0 heterocycles. The van der Waals surface area contributed by atoms with Gasteiger partial charge in [-0.15, -0.1) is 0 Å². The van der Waals surface area contributed by atoms with E-state index in [1.807, 2.05) is 6.92 Å². The van der Waals surface area contributed by atoms with Crippen molar-refractivity contribution < 1.29 is 9.90 Å². The molecular weight excluding hydrogens is 653 g/mol. The van der Waals surface area contributed by atoms with E-state index < -0.39 is 9.39 Å². The number of unbranched alkanes of at least 4 members (excludes halogenated alkanes) is 12. The quantitative estimate of drug-likeness (QED) is 0.0893. The number of hydrogen-bond acceptors (Lipinski definition) is 1. The van der Waals surface area contributed by atoms with Gasteiger partial charge in [-0.25, -0.2) is 0 Å². The van der Waals surface area contributed by atoms with Crippen LogP contribution in [-0.4, -0.2) is 22.8 Å². The molecule has 0 saturated carbocycles. The lowest BCUT2D eigenvalue weighted by atomic mass is 9.97. The van der Waals surface area contributed by atoms with Crippen molar-refractivity contribution in [2.75, 3.05) is 4.43 Å². The maximum absolute atomic E-state index is 11.4. The highest BCUT2D eigenvalue weighted by atomic mass is 127. The van der Waals surface area contributed by atoms with Gasteiger partial charge in [0.1, 0.15) is 3.42 Å². The van der Waals surface area contributed by atoms with Crippen LogP contribution in [0.5, 0.6) is 0 Å². The maximum atomic E-state index is 11.4. The fraction of sp³-hybridized carbons (Fsp3) is 0.950. The van der Waals surface area contributed by atoms with Crippen molar-refractivity contribution in [2.45, 2.75) is 111 Å². The summed E-state index contributed by atoms with van der Waals surface area (Å²) >= 11 is 6.96. The number of rotatable bonds is 18. The summed E-state index contributed by atoms with van der Waals surface area (Å²) in [6, 6.07) is 0. The van der Waals surface area contributed by atoms with Crippen LogP contribution in [0.3, 0.4) is 0 Å². The monoisotopic (exact) mass is 690 g/mol. The lowest BCUT2D eigenvalue weighted by molar-refractivity contribution is -0.139. The number of carboxylic acids is 1. The van der Waals surface area contributed by atoms with Crippen molar-refractivity contribution in [3.63, 3.8) is 0 Å². The topological polar surface area (TPSA) is 37.3 Å². The fourth-order valence-corrected chi connectivity index (χ4v) is 5.10. The van der Waals surface area contributed by atoms with E-state index in [1.165, 1.54) is 87.9 Å². The molecule has 2 unspecified atom stereocenters. The van der Waals surface area contributed by atoms with E-state index in [4.69, 9.17) is 0 Å². The van der Waals surface area contributed by atoms with Gasteiger partial charge in [0.25, 0.3) is 0 Å². The van der Waals surface area contributed by atoms with E-state index >= 15 is 0 Å². The Morgan fingerprint density at radius 1 is 0.840 bits per heavy atom. The zero-order valence-corrected chi connectivity index (χ0v) is 22.4. The molecule has 0 aliphatic rings. The van der Waals surface area contributed by atoms with Gasteiger partial charge in [0.15, 0.2) is 0 Å². The summed E-state index contributed by atoms with van der Waals surface area (Å²) in [5, 5.41) is 9.41. The Morgan fingerprint density at radius 2 is 1.20 bits per heavy atom. The Labute approximate surface area is 196 Å². The Balaban J connectivity index is 3.40. The average molecular weight is 690 g/mol. The van der Waals surface area contributed by atoms with Crippen LogP contribution in [0.2, 0.25) is 0 Å². The van der Waals surface area contributed by atoms with Gasteiger partial charge in [-0.05, 0) is 23.7 Å². The molecule has 0 aliphatic heterocycles. The Kier molecular flexibility index (Phi) is 18.9. The van der Waals surface area contributed by atoms with Crippen LogP contribution in [0, 0.1) is 0 Å². The van der Waals surface area contributed by atoms with E-state index in [0.29, 0.717) is 6.42 Å². The normalized spacial score (nSPS) is 15.0. The van der Waals surface area contributed by atoms with Crippen LogP contribution in [0.4, 0.5) is 0 Å². The standard InChI is InChI=1S/C20H37I3O2/c1-2-20(23,19(24)25)18(22)16-14-12-10-8-6-4-3-5-7-9-11-13-15-17-21/h18H,2-17H2,1H3,(H,24,25). The first-order valence-electron chi connectivity index (χ1n) is 10.1. The largest absolute Gasteiger partial charge is 0.480 e. The van der Waals surface area contributed by atoms with Crippen molar-refractivity contribution in [2.24, 2.45) is 0 Å². The summed E-state index contributed by atoms with van der Waals surface area (Å²) in [5.74, 6) is -0.653. The molecule has 0 radical (unpaired) electrons. The van der Waals surface area contributed by atoms with E-state index in [9.17, 15) is 9.90 Å². The zero-order valence-electron chi connectivity index (χ0n) is 15.9. The van der Waals surface area contributed by atoms with E-state index in [0.717, 1.165) is 6.42 Å². The summed E-state index contributed by atoms with van der Waals surface area (Å²) in [4.78, 5) is 11.4. The van der Waals surface area contributed by atoms with Gasteiger partial charge >= 0.3 is 5.97 Å². The van der Waals surface area contributed by atoms with Crippen LogP contribution in [-0.2, 0) is 4.79 Å². The van der Waals surface area contributed by atoms with Gasteiger partial charge in [0, 0.05) is 3.92 Å². The minimum Gasteiger partial charge on any atom is -0.480 e. The smallest absolute Gasteiger partial charge is 0.320 e. The lowest BCUT2D eigenvalue weighted by Crippen LogP contribution is -2.39. The van der Waals surface area contributed by atoms with Crippen LogP contribution in [0.15, 0.2) is 0 Å². The highest BCUT2D eigenvalue weighted by Gasteiger charge is 2.40. The number of hydrogen-bond donors (Lipinski definition) is 1. The third kappa shape index (κ3) is 13.5. The lowest BCUT2D eigenvalue weighted by Gasteiger charge is -2.27. The summed E-state index contributed by atoms with van der Waals surface area (Å²) < 4.78 is 0.951. The molecule has 0 amide bonds. The van der Waals surface area contributed by atoms with Crippen molar-refractivity contribution in [1.82, 2.24) is 0 Å². The molecule has 25 heavy (non-hydrogen) atoms. The van der Waals surface area contributed by atoms with Gasteiger partial charge in [0.05, 0.1) is 0 Å². The molecule has 0 aromatic carbocycles. The van der Waals surface area contributed by atoms with Crippen LogP contribution in [0.25, 0.3) is 0 Å². The first-order chi connectivity index (χ1) is 12.0. The first-order valence-corrected chi connectivity index (χ1v) is 14.0. The minimum atomic E-state index is -0.653. The second-order valence-electron chi connectivity index (χ2n) is 7.06. The summed E-state index contributed by atoms with van der Waals surface area (Å²) in [6.07, 6.45) is 19.5. The third-order valence-corrected chi connectivity index (χ3v) is 10.6. The minimum absolute atomic E-state index is 0.227. The predicted octanol–water partition coefficient (Wildman–Crippen LogP) is 8.35. The first kappa shape index (κ1) is 26.7. The molecule has 0 aromatic heterocycles. The summed E-state index contributed by atoms with van der Waals surface area (Å²) in [5.41, 5.74) is 0. The van der Waals surface area contributed by atoms with Gasteiger partial charge in [-0.1, -0.05) is 152 Å². The number of halogens is 3. The maximum Gasteiger partial charge on any atom is 0.320 e. The van der Waals surface area contributed by atoms with Crippen LogP contribution >= 0.6 is 67.8 Å². The van der Waals surface area contributed by atoms with Gasteiger partial charge in [-0.2, -0.15) is 0 Å². The molecule has 150 valence electrons. The predicted molar refractivity (Wildman–Crippen MR) is 136 cm³/mol. The number of carboxylic acid groups (broad SMARTS) is 1. The van der Waals surface area contributed by atoms with Crippen LogP contribution in [0.1, 0.15) is 103 Å². The van der Waals surface area contributed by atoms with E-state index in [1.54, 1.807) is 0 Å². The van der Waals surface area contributed by atoms with Crippen molar-refractivity contribution in [3.05, 3.63) is 0 Å². The molecule has 0 bridgehead atoms. The van der Waals surface area contributed by atoms with Gasteiger partial charge < -0.3 is 5.11 Å². The van der Waals surface area contributed by atoms with E-state index in [-0.39, 0.29) is 3.92 Å². The Bertz CT molecular complexity index is 326. The second-order valence-corrected chi connectivity index (χ2v) is 11.6. The zero-order chi connectivity index (χ0) is 19.0. The second kappa shape index (κ2) is 17.7. The average Bonchev–Trinajstić information content (AvgIpc) is 2.60. The fourth-order valence-electron chi connectivity index (χ4n) is 3.10. The molecule has 1 N–H and O–H groups in total. The molecule has 0 rings (SSSR count). The highest BCUT2D eigenvalue weighted by Crippen LogP contribution is 2.36. The molecular formula is C20H37I3O2. The molecule has 0 fully saturated rings. The van der Waals surface area contributed by atoms with Gasteiger partial charge in [-0.3, -0.25) is 4.79 Å². The number of aliphatic carboxylic acids is 1. The molecule has 5 heteroatoms. The summed E-state index contributed by atoms with van der Waals surface area (Å²) in [7, 11) is 0. The van der Waals surface area contributed by atoms with Gasteiger partial charge in [0.2, 0.25) is 0 Å². The Morgan fingerprint density at radius 3 is 1.52 bits per heavy atom. The van der Waals surface area contributed by atoms with E-state index in [2.05, 4.69) is 67.8 Å². The Hall–Kier alpha value is 1.66. The SMILES string of the molecule is CCC(I)(C(=O)O)C(I)CCCCCCCCCCCCCCCI. The molecule has 0 spiro atoms. The summed E-state index contributed by atoms with van der Waals surface area (Å²) in [6.45, 7) is 1.98. The van der Waals surface area contributed by atoms with Crippen molar-refractivity contribution >= 4 is 73.7 Å².